The zero-order valence-corrected chi connectivity index (χ0v) is 18.9. The molecule has 30 heavy (non-hydrogen) atoms. The van der Waals surface area contributed by atoms with Gasteiger partial charge in [-0.2, -0.15) is 0 Å². The van der Waals surface area contributed by atoms with Crippen LogP contribution in [0, 0.1) is 11.8 Å². The van der Waals surface area contributed by atoms with E-state index in [0.717, 1.165) is 58.5 Å². The van der Waals surface area contributed by atoms with Crippen molar-refractivity contribution in [2.45, 2.75) is 64.2 Å². The number of esters is 1. The molecule has 0 spiro atoms. The number of fused-ring (bicyclic) bond motifs is 1. The molecule has 3 rings (SSSR count). The Kier molecular flexibility index (Phi) is 7.98. The van der Waals surface area contributed by atoms with Crippen molar-refractivity contribution in [1.29, 1.82) is 0 Å². The fourth-order valence-corrected chi connectivity index (χ4v) is 4.84. The second kappa shape index (κ2) is 10.3. The summed E-state index contributed by atoms with van der Waals surface area (Å²) < 4.78 is 22.1. The Balaban J connectivity index is 1.60. The largest absolute Gasteiger partial charge is 0.467 e. The Morgan fingerprint density at radius 2 is 1.87 bits per heavy atom. The smallest absolute Gasteiger partial charge is 0.411 e. The van der Waals surface area contributed by atoms with Crippen molar-refractivity contribution >= 4 is 12.1 Å². The number of hydrogen-bond acceptors (Lipinski definition) is 7. The van der Waals surface area contributed by atoms with Gasteiger partial charge in [-0.15, -0.1) is 0 Å². The monoisotopic (exact) mass is 426 g/mol. The first-order chi connectivity index (χ1) is 14.3. The van der Waals surface area contributed by atoms with Crippen LogP contribution in [0.4, 0.5) is 4.79 Å². The van der Waals surface area contributed by atoms with Crippen LogP contribution in [0.1, 0.15) is 46.5 Å². The lowest BCUT2D eigenvalue weighted by Gasteiger charge is -2.29. The lowest BCUT2D eigenvalue weighted by molar-refractivity contribution is -0.150. The van der Waals surface area contributed by atoms with Gasteiger partial charge in [0, 0.05) is 32.2 Å². The average Bonchev–Trinajstić information content (AvgIpc) is 2.93. The quantitative estimate of drug-likeness (QED) is 0.624. The molecule has 172 valence electrons. The third-order valence-corrected chi connectivity index (χ3v) is 6.28. The van der Waals surface area contributed by atoms with Gasteiger partial charge in [-0.3, -0.25) is 9.80 Å². The summed E-state index contributed by atoms with van der Waals surface area (Å²) in [5.41, 5.74) is -0.620. The van der Waals surface area contributed by atoms with Crippen molar-refractivity contribution in [3.05, 3.63) is 0 Å². The van der Waals surface area contributed by atoms with Crippen LogP contribution in [0.15, 0.2) is 0 Å². The molecule has 0 aromatic rings. The SMILES string of the molecule is COC(=O)[C@@H]1[C@@H]2OCC[C@@H](CCCN3CCOCC3)C[C@H]2CN1C(=O)OC(C)(C)C. The molecule has 0 aromatic carbocycles. The topological polar surface area (TPSA) is 77.5 Å². The molecule has 8 nitrogen and oxygen atoms in total. The fourth-order valence-electron chi connectivity index (χ4n) is 4.84. The summed E-state index contributed by atoms with van der Waals surface area (Å²) >= 11 is 0. The van der Waals surface area contributed by atoms with E-state index in [1.54, 1.807) is 0 Å². The van der Waals surface area contributed by atoms with Crippen molar-refractivity contribution < 1.29 is 28.5 Å². The van der Waals surface area contributed by atoms with Crippen molar-refractivity contribution in [3.63, 3.8) is 0 Å². The number of likely N-dealkylation sites (tertiary alicyclic amines) is 1. The fraction of sp³-hybridized carbons (Fsp3) is 0.909. The molecule has 8 heteroatoms. The van der Waals surface area contributed by atoms with Gasteiger partial charge in [-0.05, 0) is 58.9 Å². The van der Waals surface area contributed by atoms with Crippen LogP contribution in [0.5, 0.6) is 0 Å². The molecule has 3 heterocycles. The number of hydrogen-bond donors (Lipinski definition) is 0. The first-order valence-corrected chi connectivity index (χ1v) is 11.3. The molecule has 3 saturated heterocycles. The summed E-state index contributed by atoms with van der Waals surface area (Å²) in [5, 5.41) is 0. The van der Waals surface area contributed by atoms with Gasteiger partial charge in [-0.25, -0.2) is 9.59 Å². The summed E-state index contributed by atoms with van der Waals surface area (Å²) in [6.07, 6.45) is 3.45. The minimum absolute atomic E-state index is 0.123. The van der Waals surface area contributed by atoms with Crippen LogP contribution >= 0.6 is 0 Å². The summed E-state index contributed by atoms with van der Waals surface area (Å²) in [4.78, 5) is 29.3. The number of carbonyl (C=O) groups is 2. The number of carbonyl (C=O) groups excluding carboxylic acids is 2. The number of methoxy groups -OCH3 is 1. The van der Waals surface area contributed by atoms with Crippen LogP contribution < -0.4 is 0 Å². The van der Waals surface area contributed by atoms with Crippen LogP contribution in [-0.4, -0.2) is 92.7 Å². The van der Waals surface area contributed by atoms with Crippen molar-refractivity contribution in [2.24, 2.45) is 11.8 Å². The van der Waals surface area contributed by atoms with Crippen LogP contribution in [0.25, 0.3) is 0 Å². The second-order valence-corrected chi connectivity index (χ2v) is 9.68. The predicted octanol–water partition coefficient (Wildman–Crippen LogP) is 2.30. The lowest BCUT2D eigenvalue weighted by atomic mass is 9.87. The Morgan fingerprint density at radius 3 is 2.53 bits per heavy atom. The maximum absolute atomic E-state index is 12.8. The molecule has 0 saturated carbocycles. The van der Waals surface area contributed by atoms with E-state index >= 15 is 0 Å². The normalized spacial score (nSPS) is 30.5. The van der Waals surface area contributed by atoms with E-state index in [9.17, 15) is 9.59 Å². The summed E-state index contributed by atoms with van der Waals surface area (Å²) in [7, 11) is 1.36. The Morgan fingerprint density at radius 1 is 1.13 bits per heavy atom. The van der Waals surface area contributed by atoms with Gasteiger partial charge < -0.3 is 18.9 Å². The highest BCUT2D eigenvalue weighted by Gasteiger charge is 2.51. The molecule has 4 atom stereocenters. The zero-order valence-electron chi connectivity index (χ0n) is 18.9. The van der Waals surface area contributed by atoms with Gasteiger partial charge >= 0.3 is 12.1 Å². The van der Waals surface area contributed by atoms with E-state index in [-0.39, 0.29) is 12.0 Å². The third kappa shape index (κ3) is 6.08. The summed E-state index contributed by atoms with van der Waals surface area (Å²) in [6, 6.07) is -0.734. The van der Waals surface area contributed by atoms with Gasteiger partial charge in [0.2, 0.25) is 0 Å². The molecular formula is C22H38N2O6. The third-order valence-electron chi connectivity index (χ3n) is 6.28. The van der Waals surface area contributed by atoms with Gasteiger partial charge in [0.15, 0.2) is 6.04 Å². The number of rotatable bonds is 5. The van der Waals surface area contributed by atoms with Gasteiger partial charge in [0.1, 0.15) is 5.60 Å². The molecule has 0 radical (unpaired) electrons. The van der Waals surface area contributed by atoms with Gasteiger partial charge in [-0.1, -0.05) is 0 Å². The van der Waals surface area contributed by atoms with Gasteiger partial charge in [0.05, 0.1) is 26.4 Å². The van der Waals surface area contributed by atoms with E-state index in [1.807, 2.05) is 20.8 Å². The number of nitrogens with zero attached hydrogens (tertiary/aromatic N) is 2. The standard InChI is InChI=1S/C22H38N2O6/c1-22(2,3)30-21(26)24-15-17-14-16(6-5-8-23-9-12-28-13-10-23)7-11-29-19(17)18(24)20(25)27-4/h16-19H,5-15H2,1-4H3/t16-,17+,18+,19-/m1/s1. The van der Waals surface area contributed by atoms with E-state index in [4.69, 9.17) is 18.9 Å². The highest BCUT2D eigenvalue weighted by Crippen LogP contribution is 2.37. The highest BCUT2D eigenvalue weighted by atomic mass is 16.6. The maximum atomic E-state index is 12.8. The van der Waals surface area contributed by atoms with Gasteiger partial charge in [0.25, 0.3) is 0 Å². The van der Waals surface area contributed by atoms with E-state index in [0.29, 0.717) is 19.1 Å². The summed E-state index contributed by atoms with van der Waals surface area (Å²) in [5.74, 6) is 0.231. The molecular weight excluding hydrogens is 388 g/mol. The van der Waals surface area contributed by atoms with E-state index in [1.165, 1.54) is 12.0 Å². The number of morpholine rings is 1. The molecule has 3 fully saturated rings. The zero-order chi connectivity index (χ0) is 21.7. The average molecular weight is 427 g/mol. The molecule has 0 N–H and O–H groups in total. The molecule has 1 amide bonds. The second-order valence-electron chi connectivity index (χ2n) is 9.68. The Hall–Kier alpha value is -1.38. The van der Waals surface area contributed by atoms with Crippen LogP contribution in [0.3, 0.4) is 0 Å². The van der Waals surface area contributed by atoms with Crippen LogP contribution in [-0.2, 0) is 23.7 Å². The first-order valence-electron chi connectivity index (χ1n) is 11.3. The van der Waals surface area contributed by atoms with E-state index in [2.05, 4.69) is 4.90 Å². The minimum Gasteiger partial charge on any atom is -0.467 e. The van der Waals surface area contributed by atoms with Crippen molar-refractivity contribution in [1.82, 2.24) is 9.80 Å². The lowest BCUT2D eigenvalue weighted by Crippen LogP contribution is -2.48. The van der Waals surface area contributed by atoms with Crippen molar-refractivity contribution in [2.75, 3.05) is 53.1 Å². The minimum atomic E-state index is -0.734. The molecule has 0 unspecified atom stereocenters. The highest BCUT2D eigenvalue weighted by molar-refractivity contribution is 5.83. The molecule has 0 aliphatic carbocycles. The molecule has 0 bridgehead atoms. The predicted molar refractivity (Wildman–Crippen MR) is 111 cm³/mol. The van der Waals surface area contributed by atoms with Crippen molar-refractivity contribution in [3.8, 4) is 0 Å². The van der Waals surface area contributed by atoms with Crippen LogP contribution in [0.2, 0.25) is 0 Å². The van der Waals surface area contributed by atoms with E-state index < -0.39 is 23.7 Å². The molecule has 3 aliphatic heterocycles. The number of ether oxygens (including phenoxy) is 4. The maximum Gasteiger partial charge on any atom is 0.411 e. The number of amides is 1. The first kappa shape index (κ1) is 23.3. The molecule has 0 aromatic heterocycles. The Labute approximate surface area is 180 Å². The Bertz CT molecular complexity index is 587. The summed E-state index contributed by atoms with van der Waals surface area (Å²) in [6.45, 7) is 11.4. The molecule has 3 aliphatic rings.